The first kappa shape index (κ1) is 10.1. The summed E-state index contributed by atoms with van der Waals surface area (Å²) in [4.78, 5) is 14.3. The fourth-order valence-corrected chi connectivity index (χ4v) is 2.14. The summed E-state index contributed by atoms with van der Waals surface area (Å²) >= 11 is 0. The number of isocyanates is 1. The Morgan fingerprint density at radius 3 is 2.73 bits per heavy atom. The van der Waals surface area contributed by atoms with E-state index >= 15 is 0 Å². The van der Waals surface area contributed by atoms with Crippen LogP contribution in [-0.4, -0.2) is 6.08 Å². The average molecular weight is 205 g/mol. The van der Waals surface area contributed by atoms with Crippen molar-refractivity contribution in [3.8, 4) is 0 Å². The number of benzene rings is 1. The molecule has 1 aromatic rings. The molecule has 0 aliphatic heterocycles. The molecule has 1 aliphatic carbocycles. The Bertz CT molecular complexity index is 431. The van der Waals surface area contributed by atoms with E-state index in [1.165, 1.54) is 12.1 Å². The van der Waals surface area contributed by atoms with Crippen molar-refractivity contribution in [2.75, 3.05) is 0 Å². The van der Waals surface area contributed by atoms with Crippen molar-refractivity contribution in [1.82, 2.24) is 0 Å². The first-order chi connectivity index (χ1) is 7.18. The van der Waals surface area contributed by atoms with E-state index in [9.17, 15) is 9.18 Å². The highest BCUT2D eigenvalue weighted by Crippen LogP contribution is 2.45. The second-order valence-electron chi connectivity index (χ2n) is 4.05. The Morgan fingerprint density at radius 1 is 1.47 bits per heavy atom. The molecule has 0 saturated heterocycles. The number of nitrogens with zero attached hydrogens (tertiary/aromatic N) is 1. The maximum absolute atomic E-state index is 13.1. The molecule has 0 N–H and O–H groups in total. The predicted molar refractivity (Wildman–Crippen MR) is 54.8 cm³/mol. The Hall–Kier alpha value is -1.47. The molecule has 0 amide bonds. The van der Waals surface area contributed by atoms with Crippen LogP contribution in [0.5, 0.6) is 0 Å². The highest BCUT2D eigenvalue weighted by Gasteiger charge is 2.39. The van der Waals surface area contributed by atoms with Crippen molar-refractivity contribution in [3.05, 3.63) is 35.1 Å². The monoisotopic (exact) mass is 205 g/mol. The summed E-state index contributed by atoms with van der Waals surface area (Å²) in [6, 6.07) is 4.64. The Morgan fingerprint density at radius 2 is 2.20 bits per heavy atom. The van der Waals surface area contributed by atoms with Gasteiger partial charge in [0.2, 0.25) is 6.08 Å². The highest BCUT2D eigenvalue weighted by molar-refractivity contribution is 5.42. The summed E-state index contributed by atoms with van der Waals surface area (Å²) in [7, 11) is 0. The third-order valence-electron chi connectivity index (χ3n) is 3.14. The minimum atomic E-state index is -0.492. The minimum Gasteiger partial charge on any atom is -0.211 e. The Kier molecular flexibility index (Phi) is 2.41. The molecule has 1 saturated carbocycles. The van der Waals surface area contributed by atoms with Crippen LogP contribution in [0, 0.1) is 12.7 Å². The number of halogens is 1. The molecule has 78 valence electrons. The van der Waals surface area contributed by atoms with Gasteiger partial charge >= 0.3 is 0 Å². The molecular weight excluding hydrogens is 193 g/mol. The van der Waals surface area contributed by atoms with Gasteiger partial charge in [0.05, 0.1) is 5.54 Å². The van der Waals surface area contributed by atoms with Crippen LogP contribution in [-0.2, 0) is 10.3 Å². The topological polar surface area (TPSA) is 29.4 Å². The molecule has 2 nitrogen and oxygen atoms in total. The van der Waals surface area contributed by atoms with Gasteiger partial charge in [-0.2, -0.15) is 4.99 Å². The summed E-state index contributed by atoms with van der Waals surface area (Å²) in [5, 5.41) is 0. The van der Waals surface area contributed by atoms with Crippen LogP contribution in [0.3, 0.4) is 0 Å². The van der Waals surface area contributed by atoms with Crippen molar-refractivity contribution in [1.29, 1.82) is 0 Å². The second-order valence-corrected chi connectivity index (χ2v) is 4.05. The lowest BCUT2D eigenvalue weighted by atomic mass is 9.71. The van der Waals surface area contributed by atoms with Crippen molar-refractivity contribution in [3.63, 3.8) is 0 Å². The first-order valence-electron chi connectivity index (χ1n) is 5.04. The van der Waals surface area contributed by atoms with Gasteiger partial charge in [-0.1, -0.05) is 6.07 Å². The molecule has 1 aliphatic rings. The molecule has 0 spiro atoms. The van der Waals surface area contributed by atoms with Gasteiger partial charge < -0.3 is 0 Å². The van der Waals surface area contributed by atoms with Crippen LogP contribution < -0.4 is 0 Å². The second kappa shape index (κ2) is 3.59. The summed E-state index contributed by atoms with van der Waals surface area (Å²) in [6.45, 7) is 1.91. The van der Waals surface area contributed by atoms with Crippen molar-refractivity contribution in [2.24, 2.45) is 4.99 Å². The van der Waals surface area contributed by atoms with E-state index < -0.39 is 5.54 Å². The zero-order valence-corrected chi connectivity index (χ0v) is 8.59. The molecule has 2 rings (SSSR count). The zero-order valence-electron chi connectivity index (χ0n) is 8.59. The number of aliphatic imine (C=N–C) groups is 1. The number of hydrogen-bond donors (Lipinski definition) is 0. The molecule has 0 bridgehead atoms. The van der Waals surface area contributed by atoms with Crippen molar-refractivity contribution < 1.29 is 9.18 Å². The third kappa shape index (κ3) is 1.59. The normalized spacial score (nSPS) is 17.7. The van der Waals surface area contributed by atoms with E-state index in [1.807, 2.05) is 6.92 Å². The van der Waals surface area contributed by atoms with E-state index in [4.69, 9.17) is 0 Å². The fourth-order valence-electron chi connectivity index (χ4n) is 2.14. The molecule has 1 fully saturated rings. The van der Waals surface area contributed by atoms with Crippen LogP contribution in [0.15, 0.2) is 23.2 Å². The molecule has 0 atom stereocenters. The van der Waals surface area contributed by atoms with Crippen molar-refractivity contribution in [2.45, 2.75) is 31.7 Å². The van der Waals surface area contributed by atoms with E-state index in [-0.39, 0.29) is 5.82 Å². The van der Waals surface area contributed by atoms with Gasteiger partial charge in [-0.25, -0.2) is 9.18 Å². The van der Waals surface area contributed by atoms with Gasteiger partial charge in [0.1, 0.15) is 5.82 Å². The van der Waals surface area contributed by atoms with E-state index in [0.717, 1.165) is 30.4 Å². The van der Waals surface area contributed by atoms with Crippen molar-refractivity contribution >= 4 is 6.08 Å². The van der Waals surface area contributed by atoms with Crippen LogP contribution in [0.2, 0.25) is 0 Å². The smallest absolute Gasteiger partial charge is 0.211 e. The van der Waals surface area contributed by atoms with Gasteiger partial charge in [0, 0.05) is 0 Å². The molecule has 0 heterocycles. The predicted octanol–water partition coefficient (Wildman–Crippen LogP) is 2.85. The largest absolute Gasteiger partial charge is 0.235 e. The summed E-state index contributed by atoms with van der Waals surface area (Å²) in [6.07, 6.45) is 4.26. The maximum Gasteiger partial charge on any atom is 0.235 e. The van der Waals surface area contributed by atoms with Gasteiger partial charge in [0.15, 0.2) is 0 Å². The van der Waals surface area contributed by atoms with Gasteiger partial charge in [-0.15, -0.1) is 0 Å². The van der Waals surface area contributed by atoms with Crippen LogP contribution in [0.4, 0.5) is 4.39 Å². The number of hydrogen-bond acceptors (Lipinski definition) is 2. The lowest BCUT2D eigenvalue weighted by Crippen LogP contribution is -2.32. The van der Waals surface area contributed by atoms with E-state index in [2.05, 4.69) is 4.99 Å². The summed E-state index contributed by atoms with van der Waals surface area (Å²) in [5.41, 5.74) is 1.32. The fraction of sp³-hybridized carbons (Fsp3) is 0.417. The number of aryl methyl sites for hydroxylation is 1. The quantitative estimate of drug-likeness (QED) is 0.539. The van der Waals surface area contributed by atoms with Gasteiger partial charge in [-0.3, -0.25) is 0 Å². The Labute approximate surface area is 87.8 Å². The van der Waals surface area contributed by atoms with Gasteiger partial charge in [0.25, 0.3) is 0 Å². The van der Waals surface area contributed by atoms with Crippen LogP contribution >= 0.6 is 0 Å². The van der Waals surface area contributed by atoms with E-state index in [0.29, 0.717) is 0 Å². The average Bonchev–Trinajstić information content (AvgIpc) is 2.16. The molecular formula is C12H12FNO. The lowest BCUT2D eigenvalue weighted by molar-refractivity contribution is 0.254. The first-order valence-corrected chi connectivity index (χ1v) is 5.04. The summed E-state index contributed by atoms with van der Waals surface area (Å²) < 4.78 is 13.1. The van der Waals surface area contributed by atoms with Crippen LogP contribution in [0.25, 0.3) is 0 Å². The molecule has 0 aromatic heterocycles. The SMILES string of the molecule is Cc1ccc(F)cc1C1(N=C=O)CCC1. The molecule has 1 aromatic carbocycles. The maximum atomic E-state index is 13.1. The molecule has 0 unspecified atom stereocenters. The number of rotatable bonds is 2. The Balaban J connectivity index is 2.51. The lowest BCUT2D eigenvalue weighted by Gasteiger charge is -2.38. The number of carbonyl (C=O) groups excluding carboxylic acids is 1. The minimum absolute atomic E-state index is 0.275. The van der Waals surface area contributed by atoms with Gasteiger partial charge in [-0.05, 0) is 49.4 Å². The molecule has 3 heteroatoms. The standard InChI is InChI=1S/C12H12FNO/c1-9-3-4-10(13)7-11(9)12(14-8-15)5-2-6-12/h3-4,7H,2,5-6H2,1H3. The third-order valence-corrected chi connectivity index (χ3v) is 3.14. The molecule has 15 heavy (non-hydrogen) atoms. The molecule has 0 radical (unpaired) electrons. The zero-order chi connectivity index (χ0) is 10.9. The summed E-state index contributed by atoms with van der Waals surface area (Å²) in [5.74, 6) is -0.275. The van der Waals surface area contributed by atoms with Crippen LogP contribution in [0.1, 0.15) is 30.4 Å². The van der Waals surface area contributed by atoms with E-state index in [1.54, 1.807) is 12.1 Å². The highest BCUT2D eigenvalue weighted by atomic mass is 19.1.